The van der Waals surface area contributed by atoms with Crippen LogP contribution in [0.4, 0.5) is 0 Å². The maximum Gasteiger partial charge on any atom is 2.00 e. The maximum atomic E-state index is 8.77. The third-order valence-electron chi connectivity index (χ3n) is 0. The van der Waals surface area contributed by atoms with Crippen LogP contribution in [0.1, 0.15) is 0 Å². The van der Waals surface area contributed by atoms with Crippen LogP contribution in [0.3, 0.4) is 0 Å². The molecular weight excluding hydrogens is 278 g/mol. The minimum atomic E-state index is -5.17. The van der Waals surface area contributed by atoms with Crippen molar-refractivity contribution in [2.45, 2.75) is 0 Å². The minimum Gasteiger partial charge on any atom is -0.759 e. The van der Waals surface area contributed by atoms with Gasteiger partial charge < -0.3 is 23.8 Å². The van der Waals surface area contributed by atoms with Gasteiger partial charge in [0.05, 0.1) is 0 Å². The molecule has 0 saturated carbocycles. The van der Waals surface area contributed by atoms with Gasteiger partial charge in [0, 0.05) is 10.4 Å². The second-order valence-corrected chi connectivity index (χ2v) is 2.70. The predicted octanol–water partition coefficient (Wildman–Crippen LogP) is -5.90. The summed E-state index contributed by atoms with van der Waals surface area (Å²) < 4.78 is 42.9. The van der Waals surface area contributed by atoms with Crippen LogP contribution in [0.25, 0.3) is 0 Å². The van der Waals surface area contributed by atoms with E-state index in [0.717, 1.165) is 0 Å². The zero-order valence-electron chi connectivity index (χ0n) is 5.50. The Balaban J connectivity index is -0.0000000457. The quantitative estimate of drug-likeness (QED) is 0.192. The Morgan fingerprint density at radius 2 is 1.17 bits per heavy atom. The first-order chi connectivity index (χ1) is 4.00. The van der Waals surface area contributed by atoms with Crippen LogP contribution in [0.5, 0.6) is 0 Å². The molecule has 0 bridgehead atoms. The topological polar surface area (TPSA) is 161 Å². The Bertz CT molecular complexity index is 197. The fourth-order valence-corrected chi connectivity index (χ4v) is 0. The summed E-state index contributed by atoms with van der Waals surface area (Å²) in [6, 6.07) is 0. The van der Waals surface area contributed by atoms with Crippen LogP contribution in [0.15, 0.2) is 0 Å². The first-order valence-corrected chi connectivity index (χ1v) is 4.30. The first kappa shape index (κ1) is 23.4. The van der Waals surface area contributed by atoms with Crippen molar-refractivity contribution in [1.82, 2.24) is 0 Å². The van der Waals surface area contributed by atoms with Crippen LogP contribution >= 0.6 is 7.82 Å². The zero-order chi connectivity index (χ0) is 9.00. The molecule has 12 heteroatoms. The van der Waals surface area contributed by atoms with Crippen LogP contribution in [0.2, 0.25) is 0 Å². The van der Waals surface area contributed by atoms with Crippen molar-refractivity contribution in [2.75, 3.05) is 0 Å². The van der Waals surface area contributed by atoms with E-state index in [0.29, 0.717) is 0 Å². The average Bonchev–Trinajstić information content (AvgIpc) is 1.12. The molecule has 0 amide bonds. The van der Waals surface area contributed by atoms with Crippen molar-refractivity contribution in [3.8, 4) is 0 Å². The summed E-state index contributed by atoms with van der Waals surface area (Å²) in [5, 5.41) is 0. The Morgan fingerprint density at radius 1 is 1.17 bits per heavy atom. The number of rotatable bonds is 0. The molecule has 0 saturated heterocycles. The van der Waals surface area contributed by atoms with E-state index < -0.39 is 18.2 Å². The van der Waals surface area contributed by atoms with E-state index in [1.165, 1.54) is 0 Å². The molecule has 1 radical (unpaired) electrons. The molecule has 0 aromatic heterocycles. The van der Waals surface area contributed by atoms with Crippen LogP contribution in [-0.4, -0.2) is 27.3 Å². The van der Waals surface area contributed by atoms with E-state index in [9.17, 15) is 0 Å². The molecule has 0 unspecified atom stereocenters. The van der Waals surface area contributed by atoms with E-state index in [-0.39, 0.29) is 46.6 Å². The van der Waals surface area contributed by atoms with E-state index >= 15 is 0 Å². The molecule has 0 atom stereocenters. The van der Waals surface area contributed by atoms with Gasteiger partial charge in [-0.3, -0.25) is 13.0 Å². The molecule has 0 aromatic rings. The molecule has 2 N–H and O–H groups in total. The Morgan fingerprint density at radius 3 is 1.17 bits per heavy atom. The number of hydrogen-bond acceptors (Lipinski definition) is 6. The molecule has 0 rings (SSSR count). The van der Waals surface area contributed by atoms with Gasteiger partial charge >= 0.3 is 46.6 Å². The molecule has 0 heterocycles. The van der Waals surface area contributed by atoms with Gasteiger partial charge in [-0.25, -0.2) is 0 Å². The third-order valence-corrected chi connectivity index (χ3v) is 0. The largest absolute Gasteiger partial charge is 2.00 e. The Kier molecular flexibility index (Phi) is 17.7. The molecule has 12 heavy (non-hydrogen) atoms. The molecule has 0 aromatic carbocycles. The average molecular weight is 280 g/mol. The summed E-state index contributed by atoms with van der Waals surface area (Å²) >= 11 is 0. The molecule has 0 aliphatic rings. The smallest absolute Gasteiger partial charge is 0.759 e. The standard InChI is InChI=1S/Cu.Na.H3O4P.H2O4S/c;;2*1-5(2,3)4/h;;(H3,1,2,3,4);(H2,1,2,3,4)/q+2;+1;;/p-3. The zero-order valence-corrected chi connectivity index (χ0v) is 10.2. The molecule has 0 fully saturated rings. The number of phosphoric acid groups is 1. The molecule has 0 aliphatic heterocycles. The summed E-state index contributed by atoms with van der Waals surface area (Å²) in [5.41, 5.74) is 0. The van der Waals surface area contributed by atoms with Crippen molar-refractivity contribution >= 4 is 18.2 Å². The predicted molar refractivity (Wildman–Crippen MR) is 22.5 cm³/mol. The van der Waals surface area contributed by atoms with Gasteiger partial charge in [-0.05, 0) is 0 Å². The van der Waals surface area contributed by atoms with Crippen molar-refractivity contribution < 1.29 is 83.4 Å². The van der Waals surface area contributed by atoms with Crippen molar-refractivity contribution in [1.29, 1.82) is 0 Å². The molecule has 8 nitrogen and oxygen atoms in total. The van der Waals surface area contributed by atoms with Gasteiger partial charge in [-0.15, -0.1) is 0 Å². The fraction of sp³-hybridized carbons (Fsp3) is 0. The van der Waals surface area contributed by atoms with Gasteiger partial charge in [0.1, 0.15) is 0 Å². The van der Waals surface area contributed by atoms with Crippen LogP contribution in [-0.2, 0) is 32.0 Å². The van der Waals surface area contributed by atoms with Gasteiger partial charge in [-0.2, -0.15) is 0 Å². The first-order valence-electron chi connectivity index (χ1n) is 1.43. The van der Waals surface area contributed by atoms with Gasteiger partial charge in [-0.1, -0.05) is 0 Å². The van der Waals surface area contributed by atoms with Gasteiger partial charge in [0.15, 0.2) is 0 Å². The summed E-state index contributed by atoms with van der Waals surface area (Å²) in [4.78, 5) is 22.9. The van der Waals surface area contributed by atoms with Gasteiger partial charge in [0.25, 0.3) is 7.82 Å². The Hall–Kier alpha value is 1.50. The second-order valence-electron chi connectivity index (χ2n) is 0.899. The summed E-state index contributed by atoms with van der Waals surface area (Å²) in [7, 11) is -10.1. The van der Waals surface area contributed by atoms with E-state index in [2.05, 4.69) is 0 Å². The van der Waals surface area contributed by atoms with E-state index in [1.807, 2.05) is 0 Å². The van der Waals surface area contributed by atoms with Crippen LogP contribution < -0.4 is 34.5 Å². The second kappa shape index (κ2) is 9.07. The van der Waals surface area contributed by atoms with Crippen molar-refractivity contribution in [3.63, 3.8) is 0 Å². The molecule has 0 spiro atoms. The summed E-state index contributed by atoms with van der Waals surface area (Å²) in [5.74, 6) is 0. The van der Waals surface area contributed by atoms with E-state index in [1.54, 1.807) is 0 Å². The molecule has 73 valence electrons. The maximum absolute atomic E-state index is 8.77. The SMILES string of the molecule is O=P([O-])(O)O.O=S(=O)([O-])[O-].[Cu+2].[Na+]. The van der Waals surface area contributed by atoms with E-state index in [4.69, 9.17) is 36.8 Å². The minimum absolute atomic E-state index is 0. The van der Waals surface area contributed by atoms with Crippen LogP contribution in [0, 0.1) is 0 Å². The third kappa shape index (κ3) is 564. The van der Waals surface area contributed by atoms with Gasteiger partial charge in [0.2, 0.25) is 0 Å². The summed E-state index contributed by atoms with van der Waals surface area (Å²) in [6.45, 7) is 0. The van der Waals surface area contributed by atoms with Crippen molar-refractivity contribution in [2.24, 2.45) is 0 Å². The molecule has 0 aliphatic carbocycles. The van der Waals surface area contributed by atoms with Crippen molar-refractivity contribution in [3.05, 3.63) is 0 Å². The Labute approximate surface area is 101 Å². The normalized spacial score (nSPS) is 9.75. The number of hydrogen-bond donors (Lipinski definition) is 2. The fourth-order valence-electron chi connectivity index (χ4n) is 0. The summed E-state index contributed by atoms with van der Waals surface area (Å²) in [6.07, 6.45) is 0. The monoisotopic (exact) mass is 279 g/mol. The molecular formula is H2CuNaO8PS.